The van der Waals surface area contributed by atoms with Crippen LogP contribution in [-0.4, -0.2) is 89.5 Å². The Balaban J connectivity index is 1.54. The molecule has 1 saturated heterocycles. The van der Waals surface area contributed by atoms with E-state index in [1.807, 2.05) is 49.1 Å². The van der Waals surface area contributed by atoms with Gasteiger partial charge in [-0.15, -0.1) is 0 Å². The molecule has 0 aliphatic carbocycles. The van der Waals surface area contributed by atoms with Crippen molar-refractivity contribution in [1.82, 2.24) is 31.1 Å². The minimum Gasteiger partial charge on any atom is -0.354 e. The normalized spacial score (nSPS) is 21.7. The first-order valence-electron chi connectivity index (χ1n) is 17.9. The van der Waals surface area contributed by atoms with Gasteiger partial charge in [0.05, 0.1) is 0 Å². The Kier molecular flexibility index (Phi) is 14.4. The van der Waals surface area contributed by atoms with E-state index >= 15 is 0 Å². The number of fused-ring (bicyclic) bond motifs is 18. The lowest BCUT2D eigenvalue weighted by Crippen LogP contribution is -2.57. The Bertz CT molecular complexity index is 1480. The summed E-state index contributed by atoms with van der Waals surface area (Å²) in [5, 5.41) is 11.3. The lowest BCUT2D eigenvalue weighted by molar-refractivity contribution is -0.133. The molecular weight excluding hydrogens is 636 g/mol. The third kappa shape index (κ3) is 11.7. The maximum Gasteiger partial charge on any atom is 0.251 e. The number of carbonyl (C=O) groups is 6. The Hall–Kier alpha value is -4.74. The van der Waals surface area contributed by atoms with Gasteiger partial charge in [0.25, 0.3) is 5.91 Å². The number of rotatable bonds is 8. The molecule has 1 fully saturated rings. The molecule has 12 nitrogen and oxygen atoms in total. The van der Waals surface area contributed by atoms with Crippen molar-refractivity contribution in [3.8, 4) is 0 Å². The Labute approximate surface area is 295 Å². The number of benzene rings is 2. The van der Waals surface area contributed by atoms with Crippen molar-refractivity contribution in [1.29, 1.82) is 0 Å². The van der Waals surface area contributed by atoms with Gasteiger partial charge in [-0.2, -0.15) is 0 Å². The van der Waals surface area contributed by atoms with Crippen LogP contribution in [0.25, 0.3) is 0 Å². The first-order valence-corrected chi connectivity index (χ1v) is 17.9. The zero-order valence-electron chi connectivity index (χ0n) is 29.5. The quantitative estimate of drug-likeness (QED) is 0.313. The van der Waals surface area contributed by atoms with Crippen LogP contribution in [0.5, 0.6) is 0 Å². The first kappa shape index (κ1) is 38.1. The monoisotopic (exact) mass is 688 g/mol. The molecule has 0 saturated carbocycles. The zero-order chi connectivity index (χ0) is 36.0. The third-order valence-corrected chi connectivity index (χ3v) is 9.08. The Morgan fingerprint density at radius 1 is 0.820 bits per heavy atom. The van der Waals surface area contributed by atoms with E-state index in [-0.39, 0.29) is 30.1 Å². The number of amides is 6. The average Bonchev–Trinajstić information content (AvgIpc) is 3.50. The second-order valence-corrected chi connectivity index (χ2v) is 13.7. The van der Waals surface area contributed by atoms with Crippen LogP contribution >= 0.6 is 0 Å². The minimum atomic E-state index is -0.981. The molecule has 50 heavy (non-hydrogen) atoms. The standard InChI is InChI=1S/C38H52N6O6/c1-26(2)23-31-37(49)40-27(3)35(47)39-19-7-8-20-44(34(46)14-10-22-43-21-9-13-33(43)45)25-29-15-17-30(18-16-29)36(48)41-32(38(50)42-31)24-28-11-5-4-6-12-28/h4-6,11-12,15-18,26-27,31-32H,7-10,13-14,19-25H2,1-3H3,(H,39,47)(H,40,49)(H,41,48)(H,42,50)/t27-,31+,32-/m1/s1. The molecule has 0 aromatic heterocycles. The van der Waals surface area contributed by atoms with Crippen LogP contribution in [0.3, 0.4) is 0 Å². The molecule has 270 valence electrons. The fraction of sp³-hybridized carbons (Fsp3) is 0.526. The number of carbonyl (C=O) groups excluding carboxylic acids is 6. The summed E-state index contributed by atoms with van der Waals surface area (Å²) in [4.78, 5) is 82.5. The SMILES string of the molecule is CC(C)C[C@@H]1NC(=O)[C@@H](Cc2ccccc2)NC(=O)c2ccc(cc2)CN(C(=O)CCCN2CCCC2=O)CCCCNC(=O)[C@@H](C)NC1=O. The van der Waals surface area contributed by atoms with Crippen molar-refractivity contribution in [3.05, 3.63) is 71.3 Å². The number of hydrogen-bond donors (Lipinski definition) is 4. The maximum atomic E-state index is 13.7. The van der Waals surface area contributed by atoms with E-state index in [1.165, 1.54) is 0 Å². The fourth-order valence-electron chi connectivity index (χ4n) is 6.24. The van der Waals surface area contributed by atoms with Gasteiger partial charge < -0.3 is 31.1 Å². The highest BCUT2D eigenvalue weighted by Crippen LogP contribution is 2.15. The molecule has 4 N–H and O–H groups in total. The van der Waals surface area contributed by atoms with Crippen molar-refractivity contribution in [2.45, 2.75) is 96.8 Å². The summed E-state index contributed by atoms with van der Waals surface area (Å²) in [6.45, 7) is 7.95. The molecular formula is C38H52N6O6. The minimum absolute atomic E-state index is 0.0251. The molecule has 2 bridgehead atoms. The van der Waals surface area contributed by atoms with Gasteiger partial charge >= 0.3 is 0 Å². The first-order chi connectivity index (χ1) is 24.0. The zero-order valence-corrected chi connectivity index (χ0v) is 29.5. The van der Waals surface area contributed by atoms with Crippen molar-refractivity contribution in [2.24, 2.45) is 5.92 Å². The molecule has 6 amide bonds. The van der Waals surface area contributed by atoms with Crippen molar-refractivity contribution in [2.75, 3.05) is 26.2 Å². The largest absolute Gasteiger partial charge is 0.354 e. The second kappa shape index (κ2) is 18.9. The predicted molar refractivity (Wildman–Crippen MR) is 190 cm³/mol. The molecule has 3 heterocycles. The van der Waals surface area contributed by atoms with Crippen LogP contribution in [0.2, 0.25) is 0 Å². The summed E-state index contributed by atoms with van der Waals surface area (Å²) in [5.74, 6) is -1.61. The van der Waals surface area contributed by atoms with Gasteiger partial charge in [0, 0.05) is 57.5 Å². The molecule has 3 atom stereocenters. The van der Waals surface area contributed by atoms with E-state index in [0.29, 0.717) is 70.3 Å². The van der Waals surface area contributed by atoms with Gasteiger partial charge in [-0.3, -0.25) is 28.8 Å². The fourth-order valence-corrected chi connectivity index (χ4v) is 6.24. The van der Waals surface area contributed by atoms with Crippen LogP contribution in [0, 0.1) is 5.92 Å². The van der Waals surface area contributed by atoms with Crippen LogP contribution in [0.15, 0.2) is 54.6 Å². The molecule has 3 aliphatic rings. The number of hydrogen-bond acceptors (Lipinski definition) is 6. The van der Waals surface area contributed by atoms with Crippen LogP contribution in [0.1, 0.15) is 87.2 Å². The molecule has 0 unspecified atom stereocenters. The number of nitrogens with zero attached hydrogens (tertiary/aromatic N) is 2. The van der Waals surface area contributed by atoms with E-state index in [1.54, 1.807) is 36.1 Å². The van der Waals surface area contributed by atoms with Gasteiger partial charge in [-0.25, -0.2) is 0 Å². The van der Waals surface area contributed by atoms with Crippen LogP contribution in [0.4, 0.5) is 0 Å². The summed E-state index contributed by atoms with van der Waals surface area (Å²) in [5.41, 5.74) is 2.03. The average molecular weight is 689 g/mol. The second-order valence-electron chi connectivity index (χ2n) is 13.7. The Morgan fingerprint density at radius 2 is 1.54 bits per heavy atom. The molecule has 2 aromatic carbocycles. The topological polar surface area (TPSA) is 157 Å². The highest BCUT2D eigenvalue weighted by atomic mass is 16.2. The summed E-state index contributed by atoms with van der Waals surface area (Å²) >= 11 is 0. The van der Waals surface area contributed by atoms with Crippen molar-refractivity contribution in [3.63, 3.8) is 0 Å². The Morgan fingerprint density at radius 3 is 2.22 bits per heavy atom. The van der Waals surface area contributed by atoms with E-state index < -0.39 is 35.8 Å². The van der Waals surface area contributed by atoms with Gasteiger partial charge in [0.2, 0.25) is 29.5 Å². The van der Waals surface area contributed by atoms with E-state index in [0.717, 1.165) is 24.1 Å². The number of likely N-dealkylation sites (tertiary alicyclic amines) is 1. The summed E-state index contributed by atoms with van der Waals surface area (Å²) in [6.07, 6.45) is 4.11. The molecule has 12 heteroatoms. The van der Waals surface area contributed by atoms with Gasteiger partial charge in [-0.05, 0) is 68.2 Å². The molecule has 0 radical (unpaired) electrons. The summed E-state index contributed by atoms with van der Waals surface area (Å²) in [7, 11) is 0. The van der Waals surface area contributed by atoms with E-state index in [4.69, 9.17) is 0 Å². The van der Waals surface area contributed by atoms with Crippen LogP contribution in [-0.2, 0) is 36.9 Å². The third-order valence-electron chi connectivity index (χ3n) is 9.08. The highest BCUT2D eigenvalue weighted by molar-refractivity contribution is 5.99. The molecule has 5 rings (SSSR count). The van der Waals surface area contributed by atoms with Gasteiger partial charge in [0.1, 0.15) is 18.1 Å². The van der Waals surface area contributed by atoms with E-state index in [2.05, 4.69) is 21.3 Å². The maximum absolute atomic E-state index is 13.7. The van der Waals surface area contributed by atoms with Crippen molar-refractivity contribution < 1.29 is 28.8 Å². The predicted octanol–water partition coefficient (Wildman–Crippen LogP) is 2.70. The van der Waals surface area contributed by atoms with Gasteiger partial charge in [0.15, 0.2) is 0 Å². The molecule has 0 spiro atoms. The number of nitrogens with one attached hydrogen (secondary N) is 4. The molecule has 3 aliphatic heterocycles. The van der Waals surface area contributed by atoms with Crippen molar-refractivity contribution >= 4 is 35.4 Å². The van der Waals surface area contributed by atoms with Gasteiger partial charge in [-0.1, -0.05) is 56.3 Å². The lowest BCUT2D eigenvalue weighted by atomic mass is 10.0. The smallest absolute Gasteiger partial charge is 0.251 e. The highest BCUT2D eigenvalue weighted by Gasteiger charge is 2.30. The van der Waals surface area contributed by atoms with E-state index in [9.17, 15) is 28.8 Å². The molecule has 2 aromatic rings. The summed E-state index contributed by atoms with van der Waals surface area (Å²) < 4.78 is 0. The lowest BCUT2D eigenvalue weighted by Gasteiger charge is -2.25. The summed E-state index contributed by atoms with van der Waals surface area (Å²) in [6, 6.07) is 13.5. The van der Waals surface area contributed by atoms with Crippen LogP contribution < -0.4 is 21.3 Å².